The second-order valence-electron chi connectivity index (χ2n) is 2.44. The highest BCUT2D eigenvalue weighted by Crippen LogP contribution is 1.95. The molecule has 8 nitrogen and oxygen atoms in total. The maximum absolute atomic E-state index is 10.3. The van der Waals surface area contributed by atoms with Crippen LogP contribution in [-0.2, 0) is 22.6 Å². The molecule has 0 aliphatic carbocycles. The van der Waals surface area contributed by atoms with Gasteiger partial charge >= 0.3 is 5.97 Å². The molecule has 0 fully saturated rings. The van der Waals surface area contributed by atoms with Gasteiger partial charge in [-0.1, -0.05) is 0 Å². The molecule has 1 aromatic rings. The fraction of sp³-hybridized carbons (Fsp3) is 0.333. The summed E-state index contributed by atoms with van der Waals surface area (Å²) in [6.45, 7) is 0. The van der Waals surface area contributed by atoms with Gasteiger partial charge in [0, 0.05) is 12.6 Å². The van der Waals surface area contributed by atoms with Crippen LogP contribution in [0.3, 0.4) is 0 Å². The van der Waals surface area contributed by atoms with Crippen LogP contribution in [-0.4, -0.2) is 40.4 Å². The summed E-state index contributed by atoms with van der Waals surface area (Å²) in [7, 11) is 0. The van der Waals surface area contributed by atoms with Gasteiger partial charge in [0.25, 0.3) is 11.4 Å². The normalized spacial score (nSPS) is 11.7. The number of H-pyrrole nitrogens is 1. The number of aromatic amines is 1. The minimum absolute atomic E-state index is 0.263. The largest absolute Gasteiger partial charge is 0.480 e. The predicted octanol–water partition coefficient (Wildman–Crippen LogP) is -0.955. The summed E-state index contributed by atoms with van der Waals surface area (Å²) in [5, 5.41) is 8.42. The monoisotopic (exact) mass is 237 g/mol. The van der Waals surface area contributed by atoms with Crippen LogP contribution < -0.4 is 5.73 Å². The molecule has 6 N–H and O–H groups in total. The molecular weight excluding hydrogens is 226 g/mol. The topological polar surface area (TPSA) is 150 Å². The van der Waals surface area contributed by atoms with Gasteiger partial charge in [0.05, 0.1) is 12.0 Å². The number of hydrogen-bond donors (Lipinski definition) is 5. The van der Waals surface area contributed by atoms with Crippen molar-refractivity contribution in [2.75, 3.05) is 0 Å². The lowest BCUT2D eigenvalue weighted by atomic mass is 10.2. The summed E-state index contributed by atoms with van der Waals surface area (Å²) in [5.74, 6) is -1.01. The molecule has 86 valence electrons. The molecule has 0 radical (unpaired) electrons. The van der Waals surface area contributed by atoms with Crippen LogP contribution in [0.15, 0.2) is 12.5 Å². The SMILES string of the molecule is N[C@@H](Cc1c[nH]cn1)C(=O)O.O=S(O)O. The number of rotatable bonds is 3. The van der Waals surface area contributed by atoms with Crippen molar-refractivity contribution in [3.8, 4) is 0 Å². The third-order valence-corrected chi connectivity index (χ3v) is 1.30. The van der Waals surface area contributed by atoms with Crippen LogP contribution in [0.2, 0.25) is 0 Å². The number of hydrogen-bond acceptors (Lipinski definition) is 4. The number of aromatic nitrogens is 2. The summed E-state index contributed by atoms with van der Waals surface area (Å²) in [6.07, 6.45) is 3.38. The highest BCUT2D eigenvalue weighted by molar-refractivity contribution is 7.73. The third-order valence-electron chi connectivity index (χ3n) is 1.30. The average molecular weight is 237 g/mol. The molecule has 1 heterocycles. The molecule has 0 saturated heterocycles. The van der Waals surface area contributed by atoms with Gasteiger partial charge < -0.3 is 15.8 Å². The maximum atomic E-state index is 10.3. The molecule has 0 aliphatic rings. The van der Waals surface area contributed by atoms with Crippen molar-refractivity contribution in [1.82, 2.24) is 9.97 Å². The van der Waals surface area contributed by atoms with Crippen LogP contribution in [0.5, 0.6) is 0 Å². The van der Waals surface area contributed by atoms with E-state index in [1.54, 1.807) is 6.20 Å². The Labute approximate surface area is 87.6 Å². The van der Waals surface area contributed by atoms with E-state index in [2.05, 4.69) is 9.97 Å². The van der Waals surface area contributed by atoms with Crippen LogP contribution in [0.25, 0.3) is 0 Å². The molecule has 1 aromatic heterocycles. The number of carbonyl (C=O) groups is 1. The number of carboxylic acid groups (broad SMARTS) is 1. The molecule has 0 saturated carbocycles. The van der Waals surface area contributed by atoms with Crippen molar-refractivity contribution in [3.63, 3.8) is 0 Å². The van der Waals surface area contributed by atoms with Gasteiger partial charge in [-0.2, -0.15) is 4.21 Å². The number of carboxylic acids is 1. The minimum Gasteiger partial charge on any atom is -0.480 e. The van der Waals surface area contributed by atoms with E-state index >= 15 is 0 Å². The van der Waals surface area contributed by atoms with Gasteiger partial charge in [-0.05, 0) is 0 Å². The molecule has 0 aliphatic heterocycles. The molecule has 9 heteroatoms. The van der Waals surface area contributed by atoms with E-state index in [0.29, 0.717) is 5.69 Å². The van der Waals surface area contributed by atoms with Gasteiger partial charge in [-0.15, -0.1) is 0 Å². The molecule has 0 amide bonds. The third kappa shape index (κ3) is 7.76. The Morgan fingerprint density at radius 2 is 2.20 bits per heavy atom. The highest BCUT2D eigenvalue weighted by atomic mass is 32.2. The lowest BCUT2D eigenvalue weighted by Crippen LogP contribution is -2.32. The first kappa shape index (κ1) is 13.7. The second-order valence-corrected chi connectivity index (χ2v) is 2.90. The molecule has 1 atom stereocenters. The first-order chi connectivity index (χ1) is 6.93. The summed E-state index contributed by atoms with van der Waals surface area (Å²) < 4.78 is 22.8. The molecule has 15 heavy (non-hydrogen) atoms. The molecule has 0 spiro atoms. The van der Waals surface area contributed by atoms with Crippen LogP contribution in [0, 0.1) is 0 Å². The standard InChI is InChI=1S/C6H9N3O2.H2O3S/c7-5(6(10)11)1-4-2-8-3-9-4;1-4(2)3/h2-3,5H,1,7H2,(H,8,9)(H,10,11);(H2,1,2,3)/t5-;/m0./s1. The number of imidazole rings is 1. The number of nitrogens with one attached hydrogen (secondary N) is 1. The molecule has 0 aromatic carbocycles. The van der Waals surface area contributed by atoms with E-state index in [0.717, 1.165) is 0 Å². The van der Waals surface area contributed by atoms with Crippen molar-refractivity contribution >= 4 is 17.3 Å². The molecule has 1 rings (SSSR count). The summed E-state index contributed by atoms with van der Waals surface area (Å²) in [6, 6.07) is -0.863. The first-order valence-corrected chi connectivity index (χ1v) is 4.75. The second kappa shape index (κ2) is 7.06. The fourth-order valence-corrected chi connectivity index (χ4v) is 0.715. The number of nitrogens with two attached hydrogens (primary N) is 1. The van der Waals surface area contributed by atoms with Crippen molar-refractivity contribution in [1.29, 1.82) is 0 Å². The predicted molar refractivity (Wildman–Crippen MR) is 51.3 cm³/mol. The zero-order chi connectivity index (χ0) is 11.8. The van der Waals surface area contributed by atoms with Crippen LogP contribution >= 0.6 is 0 Å². The first-order valence-electron chi connectivity index (χ1n) is 3.69. The highest BCUT2D eigenvalue weighted by Gasteiger charge is 2.12. The lowest BCUT2D eigenvalue weighted by Gasteiger charge is -2.01. The minimum atomic E-state index is -2.61. The van der Waals surface area contributed by atoms with E-state index in [4.69, 9.17) is 24.2 Å². The Morgan fingerprint density at radius 1 is 1.67 bits per heavy atom. The van der Waals surface area contributed by atoms with Crippen molar-refractivity contribution in [3.05, 3.63) is 18.2 Å². The Balaban J connectivity index is 0.000000423. The fourth-order valence-electron chi connectivity index (χ4n) is 0.715. The summed E-state index contributed by atoms with van der Waals surface area (Å²) >= 11 is -2.61. The van der Waals surface area contributed by atoms with Gasteiger partial charge in [0.15, 0.2) is 0 Å². The van der Waals surface area contributed by atoms with Gasteiger partial charge in [0.1, 0.15) is 6.04 Å². The smallest absolute Gasteiger partial charge is 0.320 e. The van der Waals surface area contributed by atoms with Crippen LogP contribution in [0.1, 0.15) is 5.69 Å². The lowest BCUT2D eigenvalue weighted by molar-refractivity contribution is -0.138. The van der Waals surface area contributed by atoms with Gasteiger partial charge in [-0.25, -0.2) is 4.98 Å². The van der Waals surface area contributed by atoms with E-state index < -0.39 is 23.4 Å². The van der Waals surface area contributed by atoms with Gasteiger partial charge in [-0.3, -0.25) is 13.9 Å². The molecule has 0 unspecified atom stereocenters. The van der Waals surface area contributed by atoms with E-state index in [9.17, 15) is 4.79 Å². The van der Waals surface area contributed by atoms with Crippen molar-refractivity contribution < 1.29 is 23.2 Å². The van der Waals surface area contributed by atoms with Gasteiger partial charge in [0.2, 0.25) is 0 Å². The summed E-state index contributed by atoms with van der Waals surface area (Å²) in [4.78, 5) is 16.8. The quantitative estimate of drug-likeness (QED) is 0.425. The number of aliphatic carboxylic acids is 1. The summed E-state index contributed by atoms with van der Waals surface area (Å²) in [5.41, 5.74) is 5.92. The Morgan fingerprint density at radius 3 is 2.53 bits per heavy atom. The number of nitrogens with zero attached hydrogens (tertiary/aromatic N) is 1. The zero-order valence-electron chi connectivity index (χ0n) is 7.53. The Bertz CT molecular complexity index is 311. The van der Waals surface area contributed by atoms with E-state index in [1.807, 2.05) is 0 Å². The van der Waals surface area contributed by atoms with E-state index in [-0.39, 0.29) is 6.42 Å². The van der Waals surface area contributed by atoms with Crippen LogP contribution in [0.4, 0.5) is 0 Å². The Hall–Kier alpha value is -1.29. The average Bonchev–Trinajstić information content (AvgIpc) is 2.55. The zero-order valence-corrected chi connectivity index (χ0v) is 8.35. The Kier molecular flexibility index (Phi) is 6.45. The molecular formula is C6H11N3O5S. The maximum Gasteiger partial charge on any atom is 0.320 e. The van der Waals surface area contributed by atoms with E-state index in [1.165, 1.54) is 6.33 Å². The molecule has 0 bridgehead atoms. The van der Waals surface area contributed by atoms with Crippen molar-refractivity contribution in [2.45, 2.75) is 12.5 Å². The van der Waals surface area contributed by atoms with Crippen molar-refractivity contribution in [2.24, 2.45) is 5.73 Å².